The molecule has 0 unspecified atom stereocenters. The molecule has 1 heterocycles. The highest BCUT2D eigenvalue weighted by molar-refractivity contribution is 6.83. The minimum Gasteiger partial charge on any atom is -0.471 e. The molecule has 3 heteroatoms. The Labute approximate surface area is 61.9 Å². The monoisotopic (exact) mass is 156 g/mol. The molecule has 0 spiro atoms. The minimum atomic E-state index is -1.67. The van der Waals surface area contributed by atoms with Gasteiger partial charge < -0.3 is 8.84 Å². The molecular weight excluding hydrogens is 144 g/mol. The Balaban J connectivity index is 2.85. The van der Waals surface area contributed by atoms with Gasteiger partial charge in [0, 0.05) is 7.11 Å². The maximum absolute atomic E-state index is 5.33. The van der Waals surface area contributed by atoms with Crippen molar-refractivity contribution in [2.24, 2.45) is 0 Å². The highest BCUT2D eigenvalue weighted by Crippen LogP contribution is 2.02. The smallest absolute Gasteiger partial charge is 0.257 e. The average molecular weight is 156 g/mol. The molecule has 0 aliphatic heterocycles. The van der Waals surface area contributed by atoms with Crippen molar-refractivity contribution in [2.75, 3.05) is 7.11 Å². The van der Waals surface area contributed by atoms with Crippen LogP contribution in [-0.2, 0) is 4.43 Å². The van der Waals surface area contributed by atoms with Gasteiger partial charge in [-0.05, 0) is 25.2 Å². The predicted molar refractivity (Wildman–Crippen MR) is 42.8 cm³/mol. The molecule has 2 nitrogen and oxygen atoms in total. The molecule has 0 bridgehead atoms. The van der Waals surface area contributed by atoms with Gasteiger partial charge in [0.1, 0.15) is 5.38 Å². The third-order valence-corrected chi connectivity index (χ3v) is 4.12. The van der Waals surface area contributed by atoms with E-state index in [1.54, 1.807) is 13.4 Å². The Bertz CT molecular complexity index is 191. The summed E-state index contributed by atoms with van der Waals surface area (Å²) in [5.74, 6) is 0. The zero-order valence-electron chi connectivity index (χ0n) is 6.55. The first-order chi connectivity index (χ1) is 4.67. The van der Waals surface area contributed by atoms with Crippen LogP contribution in [0.4, 0.5) is 0 Å². The standard InChI is InChI=1S/C7H12O2Si/c1-8-10(2,3)7-5-4-6-9-7/h4-6H,1-3H3. The summed E-state index contributed by atoms with van der Waals surface area (Å²) in [6.45, 7) is 4.21. The molecule has 1 rings (SSSR count). The van der Waals surface area contributed by atoms with Crippen LogP contribution in [0.15, 0.2) is 22.8 Å². The molecule has 0 aliphatic carbocycles. The molecule has 0 radical (unpaired) electrons. The summed E-state index contributed by atoms with van der Waals surface area (Å²) < 4.78 is 10.6. The molecule has 10 heavy (non-hydrogen) atoms. The van der Waals surface area contributed by atoms with Crippen LogP contribution in [-0.4, -0.2) is 15.4 Å². The lowest BCUT2D eigenvalue weighted by Gasteiger charge is -2.15. The van der Waals surface area contributed by atoms with Gasteiger partial charge in [-0.1, -0.05) is 0 Å². The lowest BCUT2D eigenvalue weighted by molar-refractivity contribution is 0.406. The summed E-state index contributed by atoms with van der Waals surface area (Å²) in [6.07, 6.45) is 1.68. The lowest BCUT2D eigenvalue weighted by atomic mass is 10.7. The van der Waals surface area contributed by atoms with Crippen LogP contribution in [0.25, 0.3) is 0 Å². The normalized spacial score (nSPS) is 11.9. The maximum atomic E-state index is 5.33. The Morgan fingerprint density at radius 3 is 2.60 bits per heavy atom. The van der Waals surface area contributed by atoms with Crippen molar-refractivity contribution in [1.29, 1.82) is 0 Å². The third-order valence-electron chi connectivity index (χ3n) is 1.62. The van der Waals surface area contributed by atoms with Gasteiger partial charge in [-0.3, -0.25) is 0 Å². The number of hydrogen-bond acceptors (Lipinski definition) is 2. The van der Waals surface area contributed by atoms with E-state index in [0.29, 0.717) is 0 Å². The van der Waals surface area contributed by atoms with Crippen molar-refractivity contribution in [1.82, 2.24) is 0 Å². The van der Waals surface area contributed by atoms with Crippen molar-refractivity contribution < 1.29 is 8.84 Å². The Hall–Kier alpha value is -0.543. The fourth-order valence-corrected chi connectivity index (χ4v) is 1.77. The van der Waals surface area contributed by atoms with Gasteiger partial charge >= 0.3 is 0 Å². The second-order valence-corrected chi connectivity index (χ2v) is 6.61. The molecule has 1 aromatic heterocycles. The molecule has 56 valence electrons. The molecule has 0 aromatic carbocycles. The molecular formula is C7H12O2Si. The van der Waals surface area contributed by atoms with E-state index < -0.39 is 8.32 Å². The van der Waals surface area contributed by atoms with Crippen LogP contribution in [0, 0.1) is 0 Å². The predicted octanol–water partition coefficient (Wildman–Crippen LogP) is 1.34. The molecule has 0 amide bonds. The minimum absolute atomic E-state index is 0.995. The second-order valence-electron chi connectivity index (χ2n) is 2.69. The Kier molecular flexibility index (Phi) is 1.96. The second kappa shape index (κ2) is 2.60. The van der Waals surface area contributed by atoms with Crippen molar-refractivity contribution in [3.05, 3.63) is 18.4 Å². The zero-order valence-corrected chi connectivity index (χ0v) is 7.55. The van der Waals surface area contributed by atoms with Crippen molar-refractivity contribution in [3.63, 3.8) is 0 Å². The van der Waals surface area contributed by atoms with Crippen LogP contribution in [0.1, 0.15) is 0 Å². The van der Waals surface area contributed by atoms with Crippen molar-refractivity contribution in [3.8, 4) is 0 Å². The van der Waals surface area contributed by atoms with E-state index in [4.69, 9.17) is 8.84 Å². The van der Waals surface area contributed by atoms with E-state index in [0.717, 1.165) is 5.38 Å². The summed E-state index contributed by atoms with van der Waals surface area (Å²) in [4.78, 5) is 0. The maximum Gasteiger partial charge on any atom is 0.257 e. The first-order valence-corrected chi connectivity index (χ1v) is 6.17. The lowest BCUT2D eigenvalue weighted by Crippen LogP contribution is -2.42. The molecule has 0 aliphatic rings. The Morgan fingerprint density at radius 2 is 2.20 bits per heavy atom. The average Bonchev–Trinajstić information content (AvgIpc) is 2.38. The highest BCUT2D eigenvalue weighted by atomic mass is 28.4. The van der Waals surface area contributed by atoms with Gasteiger partial charge in [-0.2, -0.15) is 0 Å². The highest BCUT2D eigenvalue weighted by Gasteiger charge is 2.26. The van der Waals surface area contributed by atoms with Crippen molar-refractivity contribution >= 4 is 13.7 Å². The van der Waals surface area contributed by atoms with E-state index in [2.05, 4.69) is 13.1 Å². The molecule has 0 N–H and O–H groups in total. The van der Waals surface area contributed by atoms with E-state index in [1.165, 1.54) is 0 Å². The van der Waals surface area contributed by atoms with Crippen LogP contribution >= 0.6 is 0 Å². The fourth-order valence-electron chi connectivity index (χ4n) is 0.722. The van der Waals surface area contributed by atoms with E-state index >= 15 is 0 Å². The number of rotatable bonds is 2. The molecule has 0 fully saturated rings. The summed E-state index contributed by atoms with van der Waals surface area (Å²) >= 11 is 0. The summed E-state index contributed by atoms with van der Waals surface area (Å²) in [5.41, 5.74) is 0. The molecule has 0 atom stereocenters. The van der Waals surface area contributed by atoms with Gasteiger partial charge in [0.25, 0.3) is 8.32 Å². The number of furan rings is 1. The van der Waals surface area contributed by atoms with Gasteiger partial charge in [0.05, 0.1) is 6.26 Å². The molecule has 0 saturated carbocycles. The van der Waals surface area contributed by atoms with Gasteiger partial charge in [0.2, 0.25) is 0 Å². The van der Waals surface area contributed by atoms with Crippen molar-refractivity contribution in [2.45, 2.75) is 13.1 Å². The first kappa shape index (κ1) is 7.56. The summed E-state index contributed by atoms with van der Waals surface area (Å²) in [5, 5.41) is 0.995. The fraction of sp³-hybridized carbons (Fsp3) is 0.429. The van der Waals surface area contributed by atoms with Crippen LogP contribution in [0.2, 0.25) is 13.1 Å². The van der Waals surface area contributed by atoms with E-state index in [1.807, 2.05) is 12.1 Å². The quantitative estimate of drug-likeness (QED) is 0.603. The van der Waals surface area contributed by atoms with Crippen LogP contribution < -0.4 is 5.38 Å². The zero-order chi connectivity index (χ0) is 7.61. The van der Waals surface area contributed by atoms with E-state index in [-0.39, 0.29) is 0 Å². The Morgan fingerprint density at radius 1 is 1.50 bits per heavy atom. The molecule has 0 saturated heterocycles. The van der Waals surface area contributed by atoms with E-state index in [9.17, 15) is 0 Å². The topological polar surface area (TPSA) is 22.4 Å². The summed E-state index contributed by atoms with van der Waals surface area (Å²) in [6, 6.07) is 3.86. The number of hydrogen-bond donors (Lipinski definition) is 0. The largest absolute Gasteiger partial charge is 0.471 e. The summed E-state index contributed by atoms with van der Waals surface area (Å²) in [7, 11) is 0.0631. The third kappa shape index (κ3) is 1.30. The first-order valence-electron chi connectivity index (χ1n) is 3.26. The van der Waals surface area contributed by atoms with Gasteiger partial charge in [-0.15, -0.1) is 0 Å². The van der Waals surface area contributed by atoms with Crippen LogP contribution in [0.5, 0.6) is 0 Å². The van der Waals surface area contributed by atoms with Gasteiger partial charge in [-0.25, -0.2) is 0 Å². The van der Waals surface area contributed by atoms with Crippen LogP contribution in [0.3, 0.4) is 0 Å². The van der Waals surface area contributed by atoms with Gasteiger partial charge in [0.15, 0.2) is 0 Å². The SMILES string of the molecule is CO[Si](C)(C)c1ccco1. The molecule has 1 aromatic rings.